The van der Waals surface area contributed by atoms with Crippen molar-refractivity contribution in [2.24, 2.45) is 0 Å². The Morgan fingerprint density at radius 1 is 1.35 bits per heavy atom. The minimum Gasteiger partial charge on any atom is -0.294 e. The topological polar surface area (TPSA) is 30.0 Å². The summed E-state index contributed by atoms with van der Waals surface area (Å²) >= 11 is 1.14. The van der Waals surface area contributed by atoms with E-state index >= 15 is 0 Å². The van der Waals surface area contributed by atoms with Crippen molar-refractivity contribution in [3.05, 3.63) is 23.4 Å². The molecular formula is C11H12F3NOS. The minimum atomic E-state index is -4.48. The Hall–Kier alpha value is -1.04. The highest BCUT2D eigenvalue weighted by molar-refractivity contribution is 7.99. The van der Waals surface area contributed by atoms with Gasteiger partial charge in [0.1, 0.15) is 10.7 Å². The summed E-state index contributed by atoms with van der Waals surface area (Å²) in [4.78, 5) is 15.1. The Labute approximate surface area is 102 Å². The molecule has 0 spiro atoms. The van der Waals surface area contributed by atoms with Crippen LogP contribution in [-0.2, 0) is 6.18 Å². The van der Waals surface area contributed by atoms with Crippen molar-refractivity contribution >= 4 is 17.5 Å². The summed E-state index contributed by atoms with van der Waals surface area (Å²) < 4.78 is 37.4. The number of aromatic nitrogens is 1. The van der Waals surface area contributed by atoms with E-state index in [2.05, 4.69) is 4.98 Å². The molecule has 0 amide bonds. The Bertz CT molecular complexity index is 418. The average molecular weight is 263 g/mol. The van der Waals surface area contributed by atoms with E-state index in [1.807, 2.05) is 0 Å². The predicted molar refractivity (Wildman–Crippen MR) is 60.3 cm³/mol. The maximum Gasteiger partial charge on any atom is 0.433 e. The van der Waals surface area contributed by atoms with Crippen LogP contribution in [-0.4, -0.2) is 16.5 Å². The molecule has 0 saturated carbocycles. The van der Waals surface area contributed by atoms with Crippen LogP contribution < -0.4 is 0 Å². The van der Waals surface area contributed by atoms with Gasteiger partial charge in [-0.25, -0.2) is 4.98 Å². The molecule has 0 bridgehead atoms. The SMILES string of the molecule is CCSc1nc(C(F)(F)F)ccc1C(=O)CC. The summed E-state index contributed by atoms with van der Waals surface area (Å²) in [6.45, 7) is 3.47. The van der Waals surface area contributed by atoms with Crippen molar-refractivity contribution in [2.75, 3.05) is 5.75 Å². The first kappa shape index (κ1) is 14.0. The van der Waals surface area contributed by atoms with Crippen molar-refractivity contribution in [3.8, 4) is 0 Å². The largest absolute Gasteiger partial charge is 0.433 e. The molecule has 1 aromatic rings. The zero-order valence-electron chi connectivity index (χ0n) is 9.47. The van der Waals surface area contributed by atoms with Crippen LogP contribution in [0, 0.1) is 0 Å². The number of alkyl halides is 3. The normalized spacial score (nSPS) is 11.6. The molecule has 1 rings (SSSR count). The van der Waals surface area contributed by atoms with Crippen molar-refractivity contribution in [2.45, 2.75) is 31.5 Å². The van der Waals surface area contributed by atoms with Crippen LogP contribution in [0.25, 0.3) is 0 Å². The highest BCUT2D eigenvalue weighted by Gasteiger charge is 2.33. The molecule has 6 heteroatoms. The van der Waals surface area contributed by atoms with Gasteiger partial charge in [-0.1, -0.05) is 13.8 Å². The smallest absolute Gasteiger partial charge is 0.294 e. The second-order valence-electron chi connectivity index (χ2n) is 3.26. The lowest BCUT2D eigenvalue weighted by atomic mass is 10.1. The third-order valence-corrected chi connectivity index (χ3v) is 2.93. The fourth-order valence-electron chi connectivity index (χ4n) is 1.25. The molecule has 0 saturated heterocycles. The van der Waals surface area contributed by atoms with Gasteiger partial charge in [0.15, 0.2) is 5.78 Å². The van der Waals surface area contributed by atoms with Crippen LogP contribution in [0.1, 0.15) is 36.3 Å². The van der Waals surface area contributed by atoms with Crippen LogP contribution in [0.5, 0.6) is 0 Å². The van der Waals surface area contributed by atoms with E-state index in [4.69, 9.17) is 0 Å². The first-order valence-corrected chi connectivity index (χ1v) is 6.13. The number of rotatable bonds is 4. The van der Waals surface area contributed by atoms with E-state index in [0.29, 0.717) is 5.75 Å². The van der Waals surface area contributed by atoms with Gasteiger partial charge in [-0.2, -0.15) is 13.2 Å². The van der Waals surface area contributed by atoms with Crippen LogP contribution in [0.4, 0.5) is 13.2 Å². The number of carbonyl (C=O) groups excluding carboxylic acids is 1. The molecule has 0 aliphatic carbocycles. The highest BCUT2D eigenvalue weighted by Crippen LogP contribution is 2.31. The van der Waals surface area contributed by atoms with Crippen molar-refractivity contribution in [1.82, 2.24) is 4.98 Å². The lowest BCUT2D eigenvalue weighted by Gasteiger charge is -2.10. The maximum absolute atomic E-state index is 12.5. The summed E-state index contributed by atoms with van der Waals surface area (Å²) in [5.41, 5.74) is -0.687. The number of hydrogen-bond donors (Lipinski definition) is 0. The van der Waals surface area contributed by atoms with E-state index in [9.17, 15) is 18.0 Å². The van der Waals surface area contributed by atoms with Crippen LogP contribution in [0.3, 0.4) is 0 Å². The number of nitrogens with zero attached hydrogens (tertiary/aromatic N) is 1. The first-order valence-electron chi connectivity index (χ1n) is 5.14. The van der Waals surface area contributed by atoms with Crippen LogP contribution >= 0.6 is 11.8 Å². The first-order chi connectivity index (χ1) is 7.90. The van der Waals surface area contributed by atoms with Crippen molar-refractivity contribution < 1.29 is 18.0 Å². The molecule has 0 fully saturated rings. The number of thioether (sulfide) groups is 1. The standard InChI is InChI=1S/C11H12F3NOS/c1-3-8(16)7-5-6-9(11(12,13)14)15-10(7)17-4-2/h5-6H,3-4H2,1-2H3. The van der Waals surface area contributed by atoms with Crippen molar-refractivity contribution in [3.63, 3.8) is 0 Å². The third-order valence-electron chi connectivity index (χ3n) is 2.05. The van der Waals surface area contributed by atoms with E-state index in [1.165, 1.54) is 6.07 Å². The number of ketones is 1. The van der Waals surface area contributed by atoms with E-state index in [1.54, 1.807) is 13.8 Å². The van der Waals surface area contributed by atoms with Gasteiger partial charge in [0.2, 0.25) is 0 Å². The number of hydrogen-bond acceptors (Lipinski definition) is 3. The van der Waals surface area contributed by atoms with Gasteiger partial charge in [-0.15, -0.1) is 11.8 Å². The summed E-state index contributed by atoms with van der Waals surface area (Å²) in [5, 5.41) is 0.161. The second kappa shape index (κ2) is 5.53. The average Bonchev–Trinajstić information content (AvgIpc) is 2.27. The summed E-state index contributed by atoms with van der Waals surface area (Å²) in [6, 6.07) is 2.06. The highest BCUT2D eigenvalue weighted by atomic mass is 32.2. The van der Waals surface area contributed by atoms with Gasteiger partial charge in [0.25, 0.3) is 0 Å². The lowest BCUT2D eigenvalue weighted by Crippen LogP contribution is -2.11. The van der Waals surface area contributed by atoms with E-state index in [0.717, 1.165) is 17.8 Å². The van der Waals surface area contributed by atoms with Gasteiger partial charge in [-0.3, -0.25) is 4.79 Å². The Morgan fingerprint density at radius 2 is 2.00 bits per heavy atom. The fourth-order valence-corrected chi connectivity index (χ4v) is 2.02. The van der Waals surface area contributed by atoms with E-state index in [-0.39, 0.29) is 22.8 Å². The van der Waals surface area contributed by atoms with Crippen molar-refractivity contribution in [1.29, 1.82) is 0 Å². The summed E-state index contributed by atoms with van der Waals surface area (Å²) in [6.07, 6.45) is -4.22. The third kappa shape index (κ3) is 3.46. The number of carbonyl (C=O) groups is 1. The van der Waals surface area contributed by atoms with Gasteiger partial charge >= 0.3 is 6.18 Å². The Balaban J connectivity index is 3.21. The number of halogens is 3. The molecule has 1 heterocycles. The second-order valence-corrected chi connectivity index (χ2v) is 4.51. The van der Waals surface area contributed by atoms with Gasteiger partial charge in [0.05, 0.1) is 0 Å². The Kier molecular flexibility index (Phi) is 4.56. The molecule has 0 N–H and O–H groups in total. The summed E-state index contributed by atoms with van der Waals surface area (Å²) in [5.74, 6) is 0.375. The number of pyridine rings is 1. The maximum atomic E-state index is 12.5. The monoisotopic (exact) mass is 263 g/mol. The molecule has 0 radical (unpaired) electrons. The zero-order chi connectivity index (χ0) is 13.1. The molecule has 17 heavy (non-hydrogen) atoms. The van der Waals surface area contributed by atoms with E-state index < -0.39 is 11.9 Å². The zero-order valence-corrected chi connectivity index (χ0v) is 10.3. The molecule has 0 atom stereocenters. The van der Waals surface area contributed by atoms with Gasteiger partial charge in [-0.05, 0) is 17.9 Å². The van der Waals surface area contributed by atoms with Crippen LogP contribution in [0.15, 0.2) is 17.2 Å². The quantitative estimate of drug-likeness (QED) is 0.611. The summed E-state index contributed by atoms with van der Waals surface area (Å²) in [7, 11) is 0. The minimum absolute atomic E-state index is 0.161. The van der Waals surface area contributed by atoms with Gasteiger partial charge < -0.3 is 0 Å². The molecule has 0 unspecified atom stereocenters. The molecule has 0 aromatic carbocycles. The Morgan fingerprint density at radius 3 is 2.47 bits per heavy atom. The molecule has 1 aromatic heterocycles. The molecular weight excluding hydrogens is 251 g/mol. The van der Waals surface area contributed by atoms with Gasteiger partial charge in [0, 0.05) is 12.0 Å². The molecule has 0 aliphatic heterocycles. The fraction of sp³-hybridized carbons (Fsp3) is 0.455. The lowest BCUT2D eigenvalue weighted by molar-refractivity contribution is -0.141. The van der Waals surface area contributed by atoms with Crippen LogP contribution in [0.2, 0.25) is 0 Å². The predicted octanol–water partition coefficient (Wildman–Crippen LogP) is 3.81. The molecule has 0 aliphatic rings. The molecule has 2 nitrogen and oxygen atoms in total. The number of Topliss-reactive ketones (excluding diaryl/α,β-unsaturated/α-hetero) is 1. The molecule has 94 valence electrons.